The monoisotopic (exact) mass is 753 g/mol. The zero-order valence-corrected chi connectivity index (χ0v) is 32.4. The van der Waals surface area contributed by atoms with Crippen LogP contribution in [0, 0.1) is 0 Å². The number of benzene rings is 10. The fourth-order valence-electron chi connectivity index (χ4n) is 9.29. The van der Waals surface area contributed by atoms with Gasteiger partial charge in [0.15, 0.2) is 0 Å². The second kappa shape index (κ2) is 14.4. The molecule has 0 aromatic heterocycles. The van der Waals surface area contributed by atoms with Crippen LogP contribution in [0.5, 0.6) is 11.5 Å². The lowest BCUT2D eigenvalue weighted by Gasteiger charge is -2.42. The van der Waals surface area contributed by atoms with Crippen LogP contribution in [-0.2, 0) is 5.41 Å². The highest BCUT2D eigenvalue weighted by Crippen LogP contribution is 2.58. The van der Waals surface area contributed by atoms with Crippen LogP contribution in [0.3, 0.4) is 0 Å². The van der Waals surface area contributed by atoms with E-state index in [1.807, 2.05) is 0 Å². The molecule has 59 heavy (non-hydrogen) atoms. The first kappa shape index (κ1) is 34.6. The van der Waals surface area contributed by atoms with E-state index in [0.717, 1.165) is 72.4 Å². The van der Waals surface area contributed by atoms with Gasteiger partial charge >= 0.3 is 0 Å². The molecule has 0 fully saturated rings. The first-order chi connectivity index (χ1) is 29.3. The van der Waals surface area contributed by atoms with Gasteiger partial charge in [0.25, 0.3) is 0 Å². The average molecular weight is 754 g/mol. The molecule has 11 rings (SSSR count). The van der Waals surface area contributed by atoms with E-state index in [-0.39, 0.29) is 0 Å². The van der Waals surface area contributed by atoms with Gasteiger partial charge in [-0.15, -0.1) is 0 Å². The molecule has 0 saturated heterocycles. The van der Waals surface area contributed by atoms with Crippen molar-refractivity contribution in [2.45, 2.75) is 5.41 Å². The van der Waals surface area contributed by atoms with Crippen molar-refractivity contribution in [3.63, 3.8) is 0 Å². The summed E-state index contributed by atoms with van der Waals surface area (Å²) in [6, 6.07) is 85.4. The van der Waals surface area contributed by atoms with Crippen LogP contribution in [0.4, 0.5) is 17.1 Å². The van der Waals surface area contributed by atoms with Crippen LogP contribution in [0.2, 0.25) is 0 Å². The molecular formula is C57H39NO. The van der Waals surface area contributed by atoms with Crippen LogP contribution >= 0.6 is 0 Å². The zero-order chi connectivity index (χ0) is 39.2. The van der Waals surface area contributed by atoms with Crippen molar-refractivity contribution in [1.82, 2.24) is 0 Å². The maximum absolute atomic E-state index is 7.20. The summed E-state index contributed by atoms with van der Waals surface area (Å²) in [6.45, 7) is 0. The van der Waals surface area contributed by atoms with Crippen LogP contribution in [-0.4, -0.2) is 0 Å². The van der Waals surface area contributed by atoms with E-state index < -0.39 is 5.41 Å². The molecule has 1 heterocycles. The van der Waals surface area contributed by atoms with Gasteiger partial charge in [0.2, 0.25) is 0 Å². The lowest BCUT2D eigenvalue weighted by Crippen LogP contribution is -2.34. The quantitative estimate of drug-likeness (QED) is 0.161. The van der Waals surface area contributed by atoms with Crippen molar-refractivity contribution in [2.75, 3.05) is 4.90 Å². The fourth-order valence-corrected chi connectivity index (χ4v) is 9.29. The third-order valence-corrected chi connectivity index (χ3v) is 12.0. The van der Waals surface area contributed by atoms with E-state index in [4.69, 9.17) is 4.74 Å². The molecular weight excluding hydrogens is 715 g/mol. The highest BCUT2D eigenvalue weighted by molar-refractivity contribution is 5.97. The highest BCUT2D eigenvalue weighted by atomic mass is 16.5. The third-order valence-electron chi connectivity index (χ3n) is 12.0. The first-order valence-corrected chi connectivity index (χ1v) is 20.3. The van der Waals surface area contributed by atoms with Crippen molar-refractivity contribution in [1.29, 1.82) is 0 Å². The number of rotatable bonds is 7. The molecule has 10 aromatic rings. The first-order valence-electron chi connectivity index (χ1n) is 20.3. The average Bonchev–Trinajstić information content (AvgIpc) is 3.32. The van der Waals surface area contributed by atoms with E-state index in [1.165, 1.54) is 22.3 Å². The number of para-hydroxylation sites is 2. The summed E-state index contributed by atoms with van der Waals surface area (Å²) in [7, 11) is 0. The number of nitrogens with zero attached hydrogens (tertiary/aromatic N) is 1. The second-order valence-electron chi connectivity index (χ2n) is 15.2. The molecule has 10 aromatic carbocycles. The summed E-state index contributed by atoms with van der Waals surface area (Å²) >= 11 is 0. The van der Waals surface area contributed by atoms with Gasteiger partial charge in [-0.05, 0) is 75.0 Å². The molecule has 0 unspecified atom stereocenters. The Kier molecular flexibility index (Phi) is 8.41. The SMILES string of the molecule is c1ccc(-c2ccc(N(c3ccccc3)c3ccccc3-c3cccc(C4(c5ccccc5)c5ccc6ccccc6c5Oc5c4ccc4ccccc54)c3)cc2)cc1. The number of hydrogen-bond acceptors (Lipinski definition) is 2. The van der Waals surface area contributed by atoms with Crippen molar-refractivity contribution in [2.24, 2.45) is 0 Å². The molecule has 0 bridgehead atoms. The van der Waals surface area contributed by atoms with Crippen molar-refractivity contribution in [3.05, 3.63) is 259 Å². The number of fused-ring (bicyclic) bond motifs is 6. The Morgan fingerprint density at radius 2 is 0.831 bits per heavy atom. The largest absolute Gasteiger partial charge is 0.455 e. The summed E-state index contributed by atoms with van der Waals surface area (Å²) < 4.78 is 7.20. The molecule has 0 atom stereocenters. The minimum atomic E-state index is -0.699. The Morgan fingerprint density at radius 3 is 1.49 bits per heavy atom. The predicted octanol–water partition coefficient (Wildman–Crippen LogP) is 15.3. The van der Waals surface area contributed by atoms with Crippen LogP contribution in [0.1, 0.15) is 22.3 Å². The molecule has 0 spiro atoms. The molecule has 0 saturated carbocycles. The number of hydrogen-bond donors (Lipinski definition) is 0. The second-order valence-corrected chi connectivity index (χ2v) is 15.2. The third kappa shape index (κ3) is 5.72. The summed E-state index contributed by atoms with van der Waals surface area (Å²) in [5, 5.41) is 4.50. The van der Waals surface area contributed by atoms with Gasteiger partial charge in [-0.2, -0.15) is 0 Å². The number of ether oxygens (including phenoxy) is 1. The summed E-state index contributed by atoms with van der Waals surface area (Å²) in [5.74, 6) is 1.80. The molecule has 0 amide bonds. The molecule has 1 aliphatic rings. The van der Waals surface area contributed by atoms with E-state index in [1.54, 1.807) is 0 Å². The van der Waals surface area contributed by atoms with Gasteiger partial charge in [0.05, 0.1) is 11.1 Å². The maximum Gasteiger partial charge on any atom is 0.140 e. The Morgan fingerprint density at radius 1 is 0.339 bits per heavy atom. The minimum Gasteiger partial charge on any atom is -0.455 e. The standard InChI is InChI=1S/C57H39NO/c1-4-17-40(18-5-1)41-31-35-48(36-32-41)58(47-25-8-3-9-26-47)54-30-15-14-27-49(54)44-21-16-24-46(39-44)57(45-22-6-2-7-23-45)52-37-33-42-19-10-12-28-50(42)55(52)59-56-51-29-13-11-20-43(51)34-38-53(56)57/h1-39H. The molecule has 1 aliphatic heterocycles. The summed E-state index contributed by atoms with van der Waals surface area (Å²) in [5.41, 5.74) is 11.8. The Bertz CT molecular complexity index is 3030. The van der Waals surface area contributed by atoms with Gasteiger partial charge in [0.1, 0.15) is 11.5 Å². The van der Waals surface area contributed by atoms with Gasteiger partial charge in [0, 0.05) is 38.8 Å². The van der Waals surface area contributed by atoms with Gasteiger partial charge in [-0.25, -0.2) is 0 Å². The van der Waals surface area contributed by atoms with Gasteiger partial charge < -0.3 is 9.64 Å². The van der Waals surface area contributed by atoms with Crippen molar-refractivity contribution in [3.8, 4) is 33.8 Å². The zero-order valence-electron chi connectivity index (χ0n) is 32.4. The molecule has 0 radical (unpaired) electrons. The highest BCUT2D eigenvalue weighted by Gasteiger charge is 2.46. The van der Waals surface area contributed by atoms with E-state index in [0.29, 0.717) is 0 Å². The van der Waals surface area contributed by atoms with Crippen molar-refractivity contribution >= 4 is 38.6 Å². The normalized spacial score (nSPS) is 12.7. The topological polar surface area (TPSA) is 12.5 Å². The Labute approximate surface area is 344 Å². The van der Waals surface area contributed by atoms with E-state index in [9.17, 15) is 0 Å². The summed E-state index contributed by atoms with van der Waals surface area (Å²) in [4.78, 5) is 2.38. The van der Waals surface area contributed by atoms with E-state index >= 15 is 0 Å². The van der Waals surface area contributed by atoms with Gasteiger partial charge in [-0.3, -0.25) is 0 Å². The lowest BCUT2D eigenvalue weighted by molar-refractivity contribution is 0.445. The molecule has 278 valence electrons. The van der Waals surface area contributed by atoms with Crippen LogP contribution in [0.25, 0.3) is 43.8 Å². The van der Waals surface area contributed by atoms with Gasteiger partial charge in [-0.1, -0.05) is 200 Å². The Balaban J connectivity index is 1.15. The molecule has 2 nitrogen and oxygen atoms in total. The van der Waals surface area contributed by atoms with E-state index in [2.05, 4.69) is 241 Å². The van der Waals surface area contributed by atoms with Crippen molar-refractivity contribution < 1.29 is 4.74 Å². The predicted molar refractivity (Wildman–Crippen MR) is 245 cm³/mol. The molecule has 2 heteroatoms. The molecule has 0 aliphatic carbocycles. The smallest absolute Gasteiger partial charge is 0.140 e. The minimum absolute atomic E-state index is 0.699. The number of anilines is 3. The Hall–Kier alpha value is -7.68. The molecule has 0 N–H and O–H groups in total. The summed E-state index contributed by atoms with van der Waals surface area (Å²) in [6.07, 6.45) is 0. The lowest BCUT2D eigenvalue weighted by atomic mass is 9.63. The van der Waals surface area contributed by atoms with Crippen LogP contribution < -0.4 is 9.64 Å². The van der Waals surface area contributed by atoms with Crippen LogP contribution in [0.15, 0.2) is 237 Å². The fraction of sp³-hybridized carbons (Fsp3) is 0.0175. The maximum atomic E-state index is 7.20.